The number of aliphatic hydroxyl groups excluding tert-OH is 1. The number of hydrogen-bond acceptors (Lipinski definition) is 7. The van der Waals surface area contributed by atoms with E-state index in [4.69, 9.17) is 9.47 Å². The van der Waals surface area contributed by atoms with Gasteiger partial charge >= 0.3 is 0 Å². The van der Waals surface area contributed by atoms with E-state index in [-0.39, 0.29) is 37.1 Å². The molecule has 0 spiro atoms. The van der Waals surface area contributed by atoms with Crippen molar-refractivity contribution in [3.63, 3.8) is 0 Å². The Kier molecular flexibility index (Phi) is 8.49. The number of nitrogens with zero attached hydrogens (tertiary/aromatic N) is 4. The Labute approximate surface area is 234 Å². The Morgan fingerprint density at radius 2 is 2.00 bits per heavy atom. The molecule has 0 saturated carbocycles. The van der Waals surface area contributed by atoms with Crippen molar-refractivity contribution < 1.29 is 24.2 Å². The highest BCUT2D eigenvalue weighted by Gasteiger charge is 2.32. The Hall–Kier alpha value is -3.73. The first-order chi connectivity index (χ1) is 19.3. The van der Waals surface area contributed by atoms with Crippen LogP contribution < -0.4 is 10.1 Å². The van der Waals surface area contributed by atoms with Gasteiger partial charge in [-0.25, -0.2) is 0 Å². The molecular formula is C30H37N5O5. The number of ether oxygens (including phenoxy) is 2. The number of piperidine rings is 1. The molecule has 2 aliphatic rings. The molecule has 0 unspecified atom stereocenters. The van der Waals surface area contributed by atoms with Crippen molar-refractivity contribution in [1.29, 1.82) is 0 Å². The summed E-state index contributed by atoms with van der Waals surface area (Å²) in [6.07, 6.45) is 2.52. The van der Waals surface area contributed by atoms with Crippen LogP contribution in [0.1, 0.15) is 39.2 Å². The first kappa shape index (κ1) is 27.8. The summed E-state index contributed by atoms with van der Waals surface area (Å²) in [5.41, 5.74) is 4.35. The number of carbonyl (C=O) groups is 2. The van der Waals surface area contributed by atoms with E-state index < -0.39 is 0 Å². The van der Waals surface area contributed by atoms with E-state index >= 15 is 0 Å². The van der Waals surface area contributed by atoms with Crippen molar-refractivity contribution >= 4 is 11.8 Å². The first-order valence-corrected chi connectivity index (χ1v) is 13.7. The predicted octanol–water partition coefficient (Wildman–Crippen LogP) is 2.65. The van der Waals surface area contributed by atoms with Gasteiger partial charge < -0.3 is 24.8 Å². The predicted molar refractivity (Wildman–Crippen MR) is 149 cm³/mol. The zero-order valence-corrected chi connectivity index (χ0v) is 23.3. The van der Waals surface area contributed by atoms with Crippen LogP contribution >= 0.6 is 0 Å². The lowest BCUT2D eigenvalue weighted by Crippen LogP contribution is -2.57. The molecule has 2 amide bonds. The van der Waals surface area contributed by atoms with Gasteiger partial charge in [-0.3, -0.25) is 19.2 Å². The highest BCUT2D eigenvalue weighted by molar-refractivity contribution is 5.96. The Bertz CT molecular complexity index is 1370. The van der Waals surface area contributed by atoms with Crippen molar-refractivity contribution in [2.24, 2.45) is 0 Å². The average molecular weight is 548 g/mol. The Balaban J connectivity index is 1.37. The number of aryl methyl sites for hydroxylation is 2. The van der Waals surface area contributed by atoms with Gasteiger partial charge in [0, 0.05) is 44.0 Å². The fourth-order valence-electron chi connectivity index (χ4n) is 5.28. The summed E-state index contributed by atoms with van der Waals surface area (Å²) in [6, 6.07) is 12.8. The number of aliphatic hydroxyl groups is 1. The van der Waals surface area contributed by atoms with E-state index in [1.54, 1.807) is 23.9 Å². The van der Waals surface area contributed by atoms with Crippen LogP contribution in [0.2, 0.25) is 0 Å². The minimum absolute atomic E-state index is 0.0362. The molecule has 1 saturated heterocycles. The second-order valence-electron chi connectivity index (χ2n) is 10.7. The molecule has 5 rings (SSSR count). The molecule has 3 aromatic rings. The zero-order chi connectivity index (χ0) is 28.2. The molecule has 0 aliphatic carbocycles. The topological polar surface area (TPSA) is 109 Å². The lowest BCUT2D eigenvalue weighted by molar-refractivity contribution is -0.125. The SMILES string of the molecule is Cc1ccc2cc1Oc1cccc(c1)CO[C@@H]1CCN(Cc3cn(CCO)nc3C)C[C@@H]1NC(=O)CN(C)C2=O. The van der Waals surface area contributed by atoms with Crippen molar-refractivity contribution in [3.8, 4) is 11.5 Å². The van der Waals surface area contributed by atoms with Crippen molar-refractivity contribution in [2.75, 3.05) is 33.3 Å². The summed E-state index contributed by atoms with van der Waals surface area (Å²) in [4.78, 5) is 30.1. The normalized spacial score (nSPS) is 20.6. The van der Waals surface area contributed by atoms with Crippen LogP contribution in [0.5, 0.6) is 11.5 Å². The van der Waals surface area contributed by atoms with Gasteiger partial charge in [-0.2, -0.15) is 5.10 Å². The van der Waals surface area contributed by atoms with Crippen LogP contribution in [0.3, 0.4) is 0 Å². The van der Waals surface area contributed by atoms with Gasteiger partial charge in [-0.15, -0.1) is 0 Å². The van der Waals surface area contributed by atoms with E-state index in [2.05, 4.69) is 15.3 Å². The van der Waals surface area contributed by atoms with Gasteiger partial charge in [0.05, 0.1) is 44.1 Å². The zero-order valence-electron chi connectivity index (χ0n) is 23.3. The van der Waals surface area contributed by atoms with Gasteiger partial charge in [0.25, 0.3) is 5.91 Å². The largest absolute Gasteiger partial charge is 0.457 e. The third kappa shape index (κ3) is 6.52. The number of fused-ring (bicyclic) bond motifs is 5. The first-order valence-electron chi connectivity index (χ1n) is 13.7. The molecule has 10 heteroatoms. The van der Waals surface area contributed by atoms with Crippen LogP contribution in [0.15, 0.2) is 48.7 Å². The summed E-state index contributed by atoms with van der Waals surface area (Å²) >= 11 is 0. The van der Waals surface area contributed by atoms with Gasteiger partial charge in [0.15, 0.2) is 0 Å². The number of likely N-dealkylation sites (tertiary alicyclic amines) is 1. The number of nitrogens with one attached hydrogen (secondary N) is 1. The molecule has 2 atom stereocenters. The summed E-state index contributed by atoms with van der Waals surface area (Å²) in [7, 11) is 1.63. The van der Waals surface area contributed by atoms with Crippen LogP contribution in [-0.2, 0) is 29.2 Å². The highest BCUT2D eigenvalue weighted by atomic mass is 16.5. The molecular weight excluding hydrogens is 510 g/mol. The minimum atomic E-state index is -0.255. The van der Waals surface area contributed by atoms with Crippen LogP contribution in [0, 0.1) is 13.8 Å². The lowest BCUT2D eigenvalue weighted by atomic mass is 10.0. The van der Waals surface area contributed by atoms with E-state index in [9.17, 15) is 14.7 Å². The van der Waals surface area contributed by atoms with Crippen molar-refractivity contribution in [3.05, 3.63) is 76.6 Å². The van der Waals surface area contributed by atoms with Gasteiger partial charge in [0.1, 0.15) is 11.5 Å². The van der Waals surface area contributed by atoms with Gasteiger partial charge in [-0.1, -0.05) is 18.2 Å². The molecule has 212 valence electrons. The third-order valence-electron chi connectivity index (χ3n) is 7.50. The van der Waals surface area contributed by atoms with Gasteiger partial charge in [-0.05, 0) is 55.7 Å². The second-order valence-corrected chi connectivity index (χ2v) is 10.7. The minimum Gasteiger partial charge on any atom is -0.457 e. The number of benzene rings is 2. The fraction of sp³-hybridized carbons (Fsp3) is 0.433. The summed E-state index contributed by atoms with van der Waals surface area (Å²) in [5, 5.41) is 16.9. The second kappa shape index (κ2) is 12.2. The maximum atomic E-state index is 13.2. The van der Waals surface area contributed by atoms with E-state index in [0.717, 1.165) is 35.3 Å². The molecule has 3 heterocycles. The summed E-state index contributed by atoms with van der Waals surface area (Å²) < 4.78 is 14.3. The number of hydrogen-bond donors (Lipinski definition) is 2. The van der Waals surface area contributed by atoms with Crippen LogP contribution in [-0.4, -0.2) is 81.9 Å². The van der Waals surface area contributed by atoms with Gasteiger partial charge in [0.2, 0.25) is 5.91 Å². The molecule has 2 N–H and O–H groups in total. The Morgan fingerprint density at radius 1 is 1.15 bits per heavy atom. The summed E-state index contributed by atoms with van der Waals surface area (Å²) in [5.74, 6) is 0.777. The quantitative estimate of drug-likeness (QED) is 0.517. The van der Waals surface area contributed by atoms with Crippen LogP contribution in [0.4, 0.5) is 0 Å². The number of aromatic nitrogens is 2. The van der Waals surface area contributed by atoms with Crippen molar-refractivity contribution in [1.82, 2.24) is 24.9 Å². The molecule has 2 aliphatic heterocycles. The molecule has 0 radical (unpaired) electrons. The smallest absolute Gasteiger partial charge is 0.254 e. The van der Waals surface area contributed by atoms with E-state index in [1.807, 2.05) is 50.4 Å². The van der Waals surface area contributed by atoms with E-state index in [0.29, 0.717) is 43.3 Å². The molecule has 2 aromatic carbocycles. The molecule has 4 bridgehead atoms. The standard InChI is InChI=1S/C30H37N5O5/c1-20-7-8-23-14-28(20)40-25-6-4-5-22(13-25)19-39-27-9-10-34(15-24-16-35(11-12-36)32-21(24)2)17-26(27)31-29(37)18-33(3)30(23)38/h4-8,13-14,16,26-27,36H,9-12,15,17-19H2,1-3H3,(H,31,37)/t26-,27+/m0/s1. The number of carbonyl (C=O) groups excluding carboxylic acids is 2. The van der Waals surface area contributed by atoms with Crippen molar-refractivity contribution in [2.45, 2.75) is 52.1 Å². The molecule has 10 nitrogen and oxygen atoms in total. The molecule has 1 fully saturated rings. The monoisotopic (exact) mass is 547 g/mol. The number of likely N-dealkylation sites (N-methyl/N-ethyl adjacent to an activating group) is 1. The molecule has 40 heavy (non-hydrogen) atoms. The number of rotatable bonds is 4. The summed E-state index contributed by atoms with van der Waals surface area (Å²) in [6.45, 7) is 6.79. The maximum Gasteiger partial charge on any atom is 0.254 e. The number of amides is 2. The third-order valence-corrected chi connectivity index (χ3v) is 7.50. The molecule has 1 aromatic heterocycles. The maximum absolute atomic E-state index is 13.2. The van der Waals surface area contributed by atoms with Crippen LogP contribution in [0.25, 0.3) is 0 Å². The fourth-order valence-corrected chi connectivity index (χ4v) is 5.28. The highest BCUT2D eigenvalue weighted by Crippen LogP contribution is 2.28. The lowest BCUT2D eigenvalue weighted by Gasteiger charge is -2.39. The average Bonchev–Trinajstić information content (AvgIpc) is 3.27. The van der Waals surface area contributed by atoms with E-state index in [1.165, 1.54) is 4.90 Å². The Morgan fingerprint density at radius 3 is 2.83 bits per heavy atom.